The van der Waals surface area contributed by atoms with Crippen LogP contribution < -0.4 is 5.32 Å². The Balaban J connectivity index is 2.17. The van der Waals surface area contributed by atoms with E-state index in [2.05, 4.69) is 39.4 Å². The van der Waals surface area contributed by atoms with Crippen LogP contribution in [0.15, 0.2) is 24.8 Å². The number of hydrogen-bond donors (Lipinski definition) is 1. The number of aromatic nitrogens is 5. The molecule has 6 heteroatoms. The van der Waals surface area contributed by atoms with E-state index in [4.69, 9.17) is 0 Å². The van der Waals surface area contributed by atoms with Crippen LogP contribution in [0.3, 0.4) is 0 Å². The second-order valence-electron chi connectivity index (χ2n) is 3.31. The summed E-state index contributed by atoms with van der Waals surface area (Å²) in [6.07, 6.45) is 2.75. The van der Waals surface area contributed by atoms with Crippen molar-refractivity contribution < 1.29 is 0 Å². The zero-order valence-corrected chi connectivity index (χ0v) is 8.46. The molecule has 0 saturated carbocycles. The average molecular weight is 204 g/mol. The first-order valence-electron chi connectivity index (χ1n) is 4.72. The Morgan fingerprint density at radius 2 is 2.47 bits per heavy atom. The van der Waals surface area contributed by atoms with Crippen LogP contribution in [0.5, 0.6) is 0 Å². The number of anilines is 1. The van der Waals surface area contributed by atoms with Crippen LogP contribution in [0.25, 0.3) is 5.65 Å². The minimum atomic E-state index is 0.295. The van der Waals surface area contributed by atoms with Crippen molar-refractivity contribution >= 4 is 11.5 Å². The largest absolute Gasteiger partial charge is 0.366 e. The first kappa shape index (κ1) is 9.57. The van der Waals surface area contributed by atoms with Gasteiger partial charge >= 0.3 is 0 Å². The Hall–Kier alpha value is -1.98. The van der Waals surface area contributed by atoms with Crippen molar-refractivity contribution in [2.75, 3.05) is 5.32 Å². The van der Waals surface area contributed by atoms with Crippen LogP contribution in [0.1, 0.15) is 13.3 Å². The summed E-state index contributed by atoms with van der Waals surface area (Å²) in [6, 6.07) is 3.96. The Morgan fingerprint density at radius 3 is 3.27 bits per heavy atom. The van der Waals surface area contributed by atoms with Crippen molar-refractivity contribution in [1.29, 1.82) is 0 Å². The zero-order chi connectivity index (χ0) is 10.7. The van der Waals surface area contributed by atoms with Gasteiger partial charge in [-0.1, -0.05) is 6.08 Å². The van der Waals surface area contributed by atoms with E-state index in [0.29, 0.717) is 11.7 Å². The average Bonchev–Trinajstić information content (AvgIpc) is 2.65. The van der Waals surface area contributed by atoms with Gasteiger partial charge in [0.2, 0.25) is 0 Å². The van der Waals surface area contributed by atoms with Crippen LogP contribution in [0, 0.1) is 0 Å². The van der Waals surface area contributed by atoms with Gasteiger partial charge in [0.05, 0.1) is 0 Å². The van der Waals surface area contributed by atoms with E-state index in [9.17, 15) is 0 Å². The minimum Gasteiger partial charge on any atom is -0.366 e. The second-order valence-corrected chi connectivity index (χ2v) is 3.31. The molecule has 0 radical (unpaired) electrons. The summed E-state index contributed by atoms with van der Waals surface area (Å²) in [5, 5.41) is 18.4. The summed E-state index contributed by atoms with van der Waals surface area (Å²) in [4.78, 5) is 0. The van der Waals surface area contributed by atoms with Gasteiger partial charge in [-0.2, -0.15) is 0 Å². The summed E-state index contributed by atoms with van der Waals surface area (Å²) in [5.41, 5.74) is 0.636. The van der Waals surface area contributed by atoms with E-state index < -0.39 is 0 Å². The molecule has 2 heterocycles. The minimum absolute atomic E-state index is 0.295. The van der Waals surface area contributed by atoms with E-state index in [-0.39, 0.29) is 0 Å². The smallest absolute Gasteiger partial charge is 0.200 e. The number of fused-ring (bicyclic) bond motifs is 1. The molecular formula is C9H12N6. The lowest BCUT2D eigenvalue weighted by Gasteiger charge is -2.11. The number of nitrogens with one attached hydrogen (secondary N) is 1. The summed E-state index contributed by atoms with van der Waals surface area (Å²) < 4.78 is 1.39. The summed E-state index contributed by atoms with van der Waals surface area (Å²) in [7, 11) is 0. The molecule has 78 valence electrons. The van der Waals surface area contributed by atoms with Crippen LogP contribution in [0.2, 0.25) is 0 Å². The predicted molar refractivity (Wildman–Crippen MR) is 56.5 cm³/mol. The molecule has 0 fully saturated rings. The van der Waals surface area contributed by atoms with Crippen molar-refractivity contribution in [3.8, 4) is 0 Å². The third-order valence-corrected chi connectivity index (χ3v) is 1.98. The van der Waals surface area contributed by atoms with Crippen LogP contribution >= 0.6 is 0 Å². The van der Waals surface area contributed by atoms with Gasteiger partial charge in [-0.05, 0) is 35.9 Å². The van der Waals surface area contributed by atoms with Gasteiger partial charge in [0.25, 0.3) is 0 Å². The molecule has 6 nitrogen and oxygen atoms in total. The quantitative estimate of drug-likeness (QED) is 0.749. The zero-order valence-electron chi connectivity index (χ0n) is 8.46. The molecule has 2 aromatic rings. The topological polar surface area (TPSA) is 68.0 Å². The van der Waals surface area contributed by atoms with E-state index in [1.54, 1.807) is 0 Å². The first-order valence-corrected chi connectivity index (χ1v) is 4.72. The summed E-state index contributed by atoms with van der Waals surface area (Å²) in [5.74, 6) is 0.754. The molecule has 15 heavy (non-hydrogen) atoms. The molecule has 1 atom stereocenters. The highest BCUT2D eigenvalue weighted by molar-refractivity contribution is 5.42. The van der Waals surface area contributed by atoms with Crippen molar-refractivity contribution in [2.24, 2.45) is 0 Å². The van der Waals surface area contributed by atoms with Crippen LogP contribution in [-0.2, 0) is 0 Å². The van der Waals surface area contributed by atoms with Gasteiger partial charge in [-0.3, -0.25) is 0 Å². The Labute approximate surface area is 87.0 Å². The lowest BCUT2D eigenvalue weighted by Crippen LogP contribution is -2.15. The molecule has 2 aromatic heterocycles. The molecule has 0 amide bonds. The third kappa shape index (κ3) is 2.09. The summed E-state index contributed by atoms with van der Waals surface area (Å²) >= 11 is 0. The fourth-order valence-corrected chi connectivity index (χ4v) is 1.29. The highest BCUT2D eigenvalue weighted by Crippen LogP contribution is 2.06. The standard InChI is InChI=1S/C9H12N6/c1-3-4-7(2)10-8-5-6-9-11-13-14-15(9)12-8/h3,5-7H,1,4H2,2H3,(H,10,12). The maximum Gasteiger partial charge on any atom is 0.200 e. The number of tetrazole rings is 1. The molecule has 2 rings (SSSR count). The molecule has 1 N–H and O–H groups in total. The van der Waals surface area contributed by atoms with Crippen LogP contribution in [0.4, 0.5) is 5.82 Å². The second kappa shape index (κ2) is 4.04. The molecule has 1 unspecified atom stereocenters. The fraction of sp³-hybridized carbons (Fsp3) is 0.333. The number of nitrogens with zero attached hydrogens (tertiary/aromatic N) is 5. The van der Waals surface area contributed by atoms with Crippen molar-refractivity contribution in [3.05, 3.63) is 24.8 Å². The first-order chi connectivity index (χ1) is 7.29. The van der Waals surface area contributed by atoms with Crippen molar-refractivity contribution in [2.45, 2.75) is 19.4 Å². The Kier molecular flexibility index (Phi) is 2.57. The van der Waals surface area contributed by atoms with Crippen molar-refractivity contribution in [1.82, 2.24) is 25.3 Å². The Morgan fingerprint density at radius 1 is 1.60 bits per heavy atom. The molecule has 0 spiro atoms. The van der Waals surface area contributed by atoms with Gasteiger partial charge in [0.15, 0.2) is 5.65 Å². The van der Waals surface area contributed by atoms with Gasteiger partial charge in [0.1, 0.15) is 5.82 Å². The van der Waals surface area contributed by atoms with E-state index in [1.807, 2.05) is 18.2 Å². The molecule has 0 saturated heterocycles. The molecule has 0 aromatic carbocycles. The maximum atomic E-state index is 4.19. The van der Waals surface area contributed by atoms with Gasteiger partial charge < -0.3 is 5.32 Å². The van der Waals surface area contributed by atoms with Crippen LogP contribution in [-0.4, -0.2) is 31.3 Å². The highest BCUT2D eigenvalue weighted by Gasteiger charge is 2.03. The molecule has 0 bridgehead atoms. The van der Waals surface area contributed by atoms with Gasteiger partial charge in [-0.25, -0.2) is 0 Å². The van der Waals surface area contributed by atoms with Gasteiger partial charge in [-0.15, -0.1) is 21.4 Å². The van der Waals surface area contributed by atoms with Crippen molar-refractivity contribution in [3.63, 3.8) is 0 Å². The highest BCUT2D eigenvalue weighted by atomic mass is 15.6. The van der Waals surface area contributed by atoms with Gasteiger partial charge in [0, 0.05) is 6.04 Å². The molecule has 0 aliphatic heterocycles. The SMILES string of the molecule is C=CCC(C)Nc1ccc2nnnn2n1. The maximum absolute atomic E-state index is 4.19. The predicted octanol–water partition coefficient (Wildman–Crippen LogP) is 0.896. The van der Waals surface area contributed by atoms with E-state index in [0.717, 1.165) is 12.2 Å². The fourth-order valence-electron chi connectivity index (χ4n) is 1.29. The number of hydrogen-bond acceptors (Lipinski definition) is 5. The third-order valence-electron chi connectivity index (χ3n) is 1.98. The lowest BCUT2D eigenvalue weighted by atomic mass is 10.2. The normalized spacial score (nSPS) is 12.6. The molecular weight excluding hydrogens is 192 g/mol. The summed E-state index contributed by atoms with van der Waals surface area (Å²) in [6.45, 7) is 5.75. The molecule has 0 aliphatic carbocycles. The molecule has 0 aliphatic rings. The monoisotopic (exact) mass is 204 g/mol. The van der Waals surface area contributed by atoms with E-state index >= 15 is 0 Å². The Bertz CT molecular complexity index is 462. The van der Waals surface area contributed by atoms with E-state index in [1.165, 1.54) is 4.63 Å². The lowest BCUT2D eigenvalue weighted by molar-refractivity contribution is 0.723. The number of rotatable bonds is 4.